The van der Waals surface area contributed by atoms with Crippen molar-refractivity contribution in [2.75, 3.05) is 19.8 Å². The molecule has 1 rings (SSSR count). The largest absolute Gasteiger partial charge is 0.394 e. The molecule has 1 saturated heterocycles. The van der Waals surface area contributed by atoms with Crippen LogP contribution in [-0.4, -0.2) is 59.6 Å². The van der Waals surface area contributed by atoms with Crippen LogP contribution in [0.15, 0.2) is 12.2 Å². The van der Waals surface area contributed by atoms with Crippen LogP contribution in [0.4, 0.5) is 0 Å². The van der Waals surface area contributed by atoms with Crippen LogP contribution in [0.1, 0.15) is 84.0 Å². The molecule has 3 N–H and O–H groups in total. The number of unbranched alkanes of at least 4 members (excludes halogenated alkanes) is 10. The maximum absolute atomic E-state index is 9.87. The van der Waals surface area contributed by atoms with Gasteiger partial charge in [-0.3, -0.25) is 0 Å². The molecule has 1 aliphatic rings. The third kappa shape index (κ3) is 11.2. The van der Waals surface area contributed by atoms with Crippen molar-refractivity contribution in [1.82, 2.24) is 0 Å². The smallest absolute Gasteiger partial charge is 0.114 e. The van der Waals surface area contributed by atoms with Crippen LogP contribution in [0.25, 0.3) is 0 Å². The molecule has 5 nitrogen and oxygen atoms in total. The van der Waals surface area contributed by atoms with Gasteiger partial charge in [-0.2, -0.15) is 0 Å². The zero-order valence-corrected chi connectivity index (χ0v) is 17.2. The summed E-state index contributed by atoms with van der Waals surface area (Å²) in [5.41, 5.74) is 0. The zero-order valence-electron chi connectivity index (χ0n) is 17.2. The maximum atomic E-state index is 9.87. The van der Waals surface area contributed by atoms with E-state index in [0.717, 1.165) is 12.8 Å². The van der Waals surface area contributed by atoms with E-state index in [-0.39, 0.29) is 13.2 Å². The molecule has 4 atom stereocenters. The van der Waals surface area contributed by atoms with Gasteiger partial charge in [0.15, 0.2) is 0 Å². The van der Waals surface area contributed by atoms with E-state index in [1.807, 2.05) is 0 Å². The van der Waals surface area contributed by atoms with Gasteiger partial charge in [-0.25, -0.2) is 0 Å². The van der Waals surface area contributed by atoms with Gasteiger partial charge in [0.1, 0.15) is 24.4 Å². The first-order valence-electron chi connectivity index (χ1n) is 11.1. The van der Waals surface area contributed by atoms with Crippen LogP contribution in [0, 0.1) is 0 Å². The Labute approximate surface area is 165 Å². The van der Waals surface area contributed by atoms with Gasteiger partial charge < -0.3 is 24.8 Å². The van der Waals surface area contributed by atoms with Crippen molar-refractivity contribution in [1.29, 1.82) is 0 Å². The minimum atomic E-state index is -1.00. The molecule has 0 bridgehead atoms. The fourth-order valence-corrected chi connectivity index (χ4v) is 3.48. The molecule has 0 unspecified atom stereocenters. The molecule has 0 aliphatic carbocycles. The second kappa shape index (κ2) is 16.5. The summed E-state index contributed by atoms with van der Waals surface area (Å²) in [7, 11) is 0. The van der Waals surface area contributed by atoms with Crippen molar-refractivity contribution >= 4 is 0 Å². The van der Waals surface area contributed by atoms with E-state index in [4.69, 9.17) is 14.6 Å². The van der Waals surface area contributed by atoms with E-state index in [2.05, 4.69) is 19.1 Å². The second-order valence-corrected chi connectivity index (χ2v) is 7.68. The third-order valence-electron chi connectivity index (χ3n) is 5.18. The van der Waals surface area contributed by atoms with E-state index in [1.54, 1.807) is 0 Å². The number of allylic oxidation sites excluding steroid dienone is 2. The average Bonchev–Trinajstić information content (AvgIpc) is 3.04. The molecular weight excluding hydrogens is 344 g/mol. The van der Waals surface area contributed by atoms with Crippen LogP contribution < -0.4 is 0 Å². The van der Waals surface area contributed by atoms with Crippen molar-refractivity contribution in [3.8, 4) is 0 Å². The lowest BCUT2D eigenvalue weighted by Gasteiger charge is -2.23. The summed E-state index contributed by atoms with van der Waals surface area (Å²) >= 11 is 0. The first kappa shape index (κ1) is 24.6. The molecule has 0 aromatic rings. The Balaban J connectivity index is 1.89. The average molecular weight is 387 g/mol. The number of hydrogen-bond donors (Lipinski definition) is 3. The van der Waals surface area contributed by atoms with Gasteiger partial charge in [-0.15, -0.1) is 0 Å². The minimum Gasteiger partial charge on any atom is -0.394 e. The van der Waals surface area contributed by atoms with E-state index >= 15 is 0 Å². The summed E-state index contributed by atoms with van der Waals surface area (Å²) < 4.78 is 11.0. The van der Waals surface area contributed by atoms with Gasteiger partial charge in [-0.05, 0) is 25.7 Å². The molecule has 1 fully saturated rings. The van der Waals surface area contributed by atoms with Crippen molar-refractivity contribution in [3.05, 3.63) is 12.2 Å². The number of aliphatic hydroxyl groups excluding tert-OH is 3. The lowest BCUT2D eigenvalue weighted by Crippen LogP contribution is -2.42. The standard InChI is InChI=1S/C22H42O5/c1-2-3-4-5-6-7-8-9-10-11-12-13-14-15-16-26-22-20(25)18-27-21(22)19(24)17-23/h4-5,19-25H,2-3,6-18H2,1H3/b5-4+/t19-,20+,21-,22-/m0/s1. The molecule has 1 aliphatic heterocycles. The molecule has 5 heteroatoms. The maximum Gasteiger partial charge on any atom is 0.114 e. The quantitative estimate of drug-likeness (QED) is 0.262. The van der Waals surface area contributed by atoms with Gasteiger partial charge in [0, 0.05) is 6.61 Å². The number of hydrogen-bond acceptors (Lipinski definition) is 5. The molecule has 1 heterocycles. The Morgan fingerprint density at radius 1 is 0.963 bits per heavy atom. The summed E-state index contributed by atoms with van der Waals surface area (Å²) in [5.74, 6) is 0. The van der Waals surface area contributed by atoms with Crippen molar-refractivity contribution in [2.45, 2.75) is 108 Å². The molecule has 0 radical (unpaired) electrons. The van der Waals surface area contributed by atoms with E-state index in [0.29, 0.717) is 6.61 Å². The van der Waals surface area contributed by atoms with Gasteiger partial charge in [0.2, 0.25) is 0 Å². The Morgan fingerprint density at radius 3 is 2.19 bits per heavy atom. The monoisotopic (exact) mass is 386 g/mol. The van der Waals surface area contributed by atoms with Gasteiger partial charge in [0.25, 0.3) is 0 Å². The zero-order chi connectivity index (χ0) is 19.7. The second-order valence-electron chi connectivity index (χ2n) is 7.68. The Morgan fingerprint density at radius 2 is 1.56 bits per heavy atom. The fourth-order valence-electron chi connectivity index (χ4n) is 3.48. The predicted molar refractivity (Wildman–Crippen MR) is 109 cm³/mol. The Kier molecular flexibility index (Phi) is 15.0. The molecule has 160 valence electrons. The molecule has 0 aromatic carbocycles. The summed E-state index contributed by atoms with van der Waals surface area (Å²) in [6.45, 7) is 2.55. The first-order chi connectivity index (χ1) is 13.2. The normalized spacial score (nSPS) is 24.1. The minimum absolute atomic E-state index is 0.154. The van der Waals surface area contributed by atoms with Crippen molar-refractivity contribution < 1.29 is 24.8 Å². The SMILES string of the molecule is CCC/C=C/CCCCCCCCCCCO[C@@H]1[C@H]([C@@H](O)CO)OC[C@H]1O. The first-order valence-corrected chi connectivity index (χ1v) is 11.1. The lowest BCUT2D eigenvalue weighted by atomic mass is 10.1. The van der Waals surface area contributed by atoms with Crippen LogP contribution in [0.3, 0.4) is 0 Å². The van der Waals surface area contributed by atoms with Gasteiger partial charge in [0.05, 0.1) is 13.2 Å². The van der Waals surface area contributed by atoms with Crippen molar-refractivity contribution in [2.24, 2.45) is 0 Å². The summed E-state index contributed by atoms with van der Waals surface area (Å²) in [5, 5.41) is 28.6. The summed E-state index contributed by atoms with van der Waals surface area (Å²) in [6.07, 6.45) is 16.7. The van der Waals surface area contributed by atoms with E-state index in [9.17, 15) is 10.2 Å². The molecule has 0 spiro atoms. The molecule has 0 saturated carbocycles. The molecular formula is C22H42O5. The highest BCUT2D eigenvalue weighted by Crippen LogP contribution is 2.21. The summed E-state index contributed by atoms with van der Waals surface area (Å²) in [6, 6.07) is 0. The highest BCUT2D eigenvalue weighted by atomic mass is 16.6. The number of rotatable bonds is 17. The Hall–Kier alpha value is -0.460. The topological polar surface area (TPSA) is 79.2 Å². The van der Waals surface area contributed by atoms with E-state index < -0.39 is 24.4 Å². The van der Waals surface area contributed by atoms with Crippen LogP contribution in [-0.2, 0) is 9.47 Å². The number of ether oxygens (including phenoxy) is 2. The van der Waals surface area contributed by atoms with Crippen LogP contribution in [0.5, 0.6) is 0 Å². The molecule has 0 aromatic heterocycles. The molecule has 0 amide bonds. The van der Waals surface area contributed by atoms with Crippen LogP contribution in [0.2, 0.25) is 0 Å². The van der Waals surface area contributed by atoms with Gasteiger partial charge >= 0.3 is 0 Å². The van der Waals surface area contributed by atoms with Gasteiger partial charge in [-0.1, -0.05) is 70.4 Å². The van der Waals surface area contributed by atoms with E-state index in [1.165, 1.54) is 64.2 Å². The van der Waals surface area contributed by atoms with Crippen LogP contribution >= 0.6 is 0 Å². The predicted octanol–water partition coefficient (Wildman–Crippen LogP) is 3.74. The Bertz CT molecular complexity index is 361. The highest BCUT2D eigenvalue weighted by Gasteiger charge is 2.40. The summed E-state index contributed by atoms with van der Waals surface area (Å²) in [4.78, 5) is 0. The van der Waals surface area contributed by atoms with Crippen molar-refractivity contribution in [3.63, 3.8) is 0 Å². The number of aliphatic hydroxyl groups is 3. The lowest BCUT2D eigenvalue weighted by molar-refractivity contribution is -0.0938. The molecule has 27 heavy (non-hydrogen) atoms. The third-order valence-corrected chi connectivity index (χ3v) is 5.18. The highest BCUT2D eigenvalue weighted by molar-refractivity contribution is 4.89. The fraction of sp³-hybridized carbons (Fsp3) is 0.909.